The number of non-ortho nitro benzene ring substituents is 1. The minimum absolute atomic E-state index is 0.00285. The van der Waals surface area contributed by atoms with Crippen LogP contribution in [0.2, 0.25) is 0 Å². The van der Waals surface area contributed by atoms with Gasteiger partial charge in [-0.3, -0.25) is 15.1 Å². The van der Waals surface area contributed by atoms with Crippen molar-refractivity contribution in [1.82, 2.24) is 4.31 Å². The van der Waals surface area contributed by atoms with Gasteiger partial charge in [-0.1, -0.05) is 18.6 Å². The first-order valence-electron chi connectivity index (χ1n) is 8.35. The summed E-state index contributed by atoms with van der Waals surface area (Å²) in [7, 11) is -3.45. The fourth-order valence-corrected chi connectivity index (χ4v) is 4.34. The maximum absolute atomic E-state index is 12.6. The highest BCUT2D eigenvalue weighted by Gasteiger charge is 2.25. The van der Waals surface area contributed by atoms with Crippen LogP contribution in [0.25, 0.3) is 0 Å². The minimum atomic E-state index is -3.45. The predicted octanol–water partition coefficient (Wildman–Crippen LogP) is 3.52. The van der Waals surface area contributed by atoms with Gasteiger partial charge in [-0.15, -0.1) is 0 Å². The van der Waals surface area contributed by atoms with Gasteiger partial charge in [0.25, 0.3) is 5.69 Å². The molecule has 136 valence electrons. The monoisotopic (exact) mass is 373 g/mol. The van der Waals surface area contributed by atoms with Gasteiger partial charge in [0.2, 0.25) is 10.0 Å². The number of aliphatic imine (C=N–C) groups is 1. The molecular formula is C18H19N3O4S. The normalized spacial score (nSPS) is 16.0. The van der Waals surface area contributed by atoms with Crippen LogP contribution in [0, 0.1) is 10.1 Å². The first-order chi connectivity index (χ1) is 12.5. The molecule has 0 spiro atoms. The van der Waals surface area contributed by atoms with Crippen LogP contribution in [0.15, 0.2) is 58.4 Å². The molecule has 8 heteroatoms. The van der Waals surface area contributed by atoms with Crippen LogP contribution < -0.4 is 0 Å². The molecule has 3 rings (SSSR count). The Hall–Kier alpha value is -2.58. The second-order valence-corrected chi connectivity index (χ2v) is 8.01. The Morgan fingerprint density at radius 2 is 1.73 bits per heavy atom. The van der Waals surface area contributed by atoms with E-state index in [0.29, 0.717) is 24.3 Å². The topological polar surface area (TPSA) is 92.9 Å². The van der Waals surface area contributed by atoms with Crippen molar-refractivity contribution in [3.8, 4) is 0 Å². The van der Waals surface area contributed by atoms with Crippen molar-refractivity contribution in [3.63, 3.8) is 0 Å². The molecule has 0 saturated carbocycles. The van der Waals surface area contributed by atoms with Crippen LogP contribution in [-0.2, 0) is 10.0 Å². The molecule has 7 nitrogen and oxygen atoms in total. The smallest absolute Gasteiger partial charge is 0.258 e. The van der Waals surface area contributed by atoms with Gasteiger partial charge in [0.05, 0.1) is 15.5 Å². The molecule has 0 radical (unpaired) electrons. The fraction of sp³-hybridized carbons (Fsp3) is 0.278. The van der Waals surface area contributed by atoms with Gasteiger partial charge in [-0.2, -0.15) is 4.31 Å². The SMILES string of the molecule is O=[N+]([O-])c1cccc(C=Nc2ccc(S(=O)(=O)N3CCCCC3)cc2)c1. The summed E-state index contributed by atoms with van der Waals surface area (Å²) in [4.78, 5) is 14.8. The first kappa shape index (κ1) is 18.2. The maximum Gasteiger partial charge on any atom is 0.270 e. The number of piperidine rings is 1. The molecule has 0 amide bonds. The molecule has 1 fully saturated rings. The van der Waals surface area contributed by atoms with Gasteiger partial charge in [0, 0.05) is 31.4 Å². The zero-order valence-corrected chi connectivity index (χ0v) is 14.9. The molecule has 2 aromatic carbocycles. The molecule has 0 unspecified atom stereocenters. The Morgan fingerprint density at radius 3 is 2.38 bits per heavy atom. The van der Waals surface area contributed by atoms with Gasteiger partial charge >= 0.3 is 0 Å². The highest BCUT2D eigenvalue weighted by atomic mass is 32.2. The summed E-state index contributed by atoms with van der Waals surface area (Å²) in [5, 5.41) is 10.8. The van der Waals surface area contributed by atoms with Gasteiger partial charge in [0.15, 0.2) is 0 Å². The van der Waals surface area contributed by atoms with Crippen LogP contribution in [0.5, 0.6) is 0 Å². The van der Waals surface area contributed by atoms with E-state index in [9.17, 15) is 18.5 Å². The average Bonchev–Trinajstić information content (AvgIpc) is 2.67. The number of nitro groups is 1. The second kappa shape index (κ2) is 7.76. The molecule has 1 saturated heterocycles. The number of sulfonamides is 1. The van der Waals surface area contributed by atoms with Crippen molar-refractivity contribution in [1.29, 1.82) is 0 Å². The molecule has 2 aromatic rings. The molecule has 26 heavy (non-hydrogen) atoms. The minimum Gasteiger partial charge on any atom is -0.258 e. The summed E-state index contributed by atoms with van der Waals surface area (Å²) in [6.07, 6.45) is 4.37. The fourth-order valence-electron chi connectivity index (χ4n) is 2.83. The number of nitrogens with zero attached hydrogens (tertiary/aromatic N) is 3. The van der Waals surface area contributed by atoms with Gasteiger partial charge in [-0.05, 0) is 42.7 Å². The molecule has 0 aliphatic carbocycles. The van der Waals surface area contributed by atoms with Crippen LogP contribution in [-0.4, -0.2) is 37.0 Å². The lowest BCUT2D eigenvalue weighted by atomic mass is 10.2. The van der Waals surface area contributed by atoms with Crippen molar-refractivity contribution in [2.75, 3.05) is 13.1 Å². The number of nitro benzene ring substituents is 1. The van der Waals surface area contributed by atoms with Crippen LogP contribution in [0.1, 0.15) is 24.8 Å². The third kappa shape index (κ3) is 4.14. The molecule has 0 atom stereocenters. The Bertz CT molecular complexity index is 918. The third-order valence-electron chi connectivity index (χ3n) is 4.23. The van der Waals surface area contributed by atoms with E-state index >= 15 is 0 Å². The number of hydrogen-bond donors (Lipinski definition) is 0. The van der Waals surface area contributed by atoms with E-state index in [2.05, 4.69) is 4.99 Å². The lowest BCUT2D eigenvalue weighted by Gasteiger charge is -2.25. The van der Waals surface area contributed by atoms with Crippen LogP contribution >= 0.6 is 0 Å². The summed E-state index contributed by atoms with van der Waals surface area (Å²) in [5.41, 5.74) is 1.18. The first-order valence-corrected chi connectivity index (χ1v) is 9.79. The third-order valence-corrected chi connectivity index (χ3v) is 6.15. The average molecular weight is 373 g/mol. The Morgan fingerprint density at radius 1 is 1.04 bits per heavy atom. The van der Waals surface area contributed by atoms with Crippen molar-refractivity contribution < 1.29 is 13.3 Å². The maximum atomic E-state index is 12.6. The van der Waals surface area contributed by atoms with E-state index in [4.69, 9.17) is 0 Å². The molecule has 1 aliphatic rings. The van der Waals surface area contributed by atoms with Crippen molar-refractivity contribution in [2.45, 2.75) is 24.2 Å². The van der Waals surface area contributed by atoms with Gasteiger partial charge < -0.3 is 0 Å². The Labute approximate surface area is 152 Å². The lowest BCUT2D eigenvalue weighted by Crippen LogP contribution is -2.35. The van der Waals surface area contributed by atoms with Crippen LogP contribution in [0.4, 0.5) is 11.4 Å². The molecule has 1 aliphatic heterocycles. The standard InChI is InChI=1S/C18H19N3O4S/c22-21(23)17-6-4-5-15(13-17)14-19-16-7-9-18(10-8-16)26(24,25)20-11-2-1-3-12-20/h4-10,13-14H,1-3,11-12H2. The summed E-state index contributed by atoms with van der Waals surface area (Å²) in [6.45, 7) is 1.13. The summed E-state index contributed by atoms with van der Waals surface area (Å²) < 4.78 is 26.7. The van der Waals surface area contributed by atoms with Crippen molar-refractivity contribution in [3.05, 3.63) is 64.2 Å². The van der Waals surface area contributed by atoms with Crippen LogP contribution in [0.3, 0.4) is 0 Å². The number of rotatable bonds is 5. The predicted molar refractivity (Wildman–Crippen MR) is 99.4 cm³/mol. The Balaban J connectivity index is 1.75. The van der Waals surface area contributed by atoms with Crippen molar-refractivity contribution in [2.24, 2.45) is 4.99 Å². The highest BCUT2D eigenvalue weighted by molar-refractivity contribution is 7.89. The zero-order valence-electron chi connectivity index (χ0n) is 14.1. The molecule has 0 bridgehead atoms. The number of hydrogen-bond acceptors (Lipinski definition) is 5. The van der Waals surface area contributed by atoms with Crippen molar-refractivity contribution >= 4 is 27.6 Å². The van der Waals surface area contributed by atoms with E-state index in [1.165, 1.54) is 22.7 Å². The van der Waals surface area contributed by atoms with E-state index in [1.807, 2.05) is 0 Å². The lowest BCUT2D eigenvalue weighted by molar-refractivity contribution is -0.384. The summed E-state index contributed by atoms with van der Waals surface area (Å²) in [5.74, 6) is 0. The van der Waals surface area contributed by atoms with Gasteiger partial charge in [-0.25, -0.2) is 8.42 Å². The highest BCUT2D eigenvalue weighted by Crippen LogP contribution is 2.23. The number of benzene rings is 2. The van der Waals surface area contributed by atoms with E-state index in [1.54, 1.807) is 36.4 Å². The molecule has 0 aromatic heterocycles. The van der Waals surface area contributed by atoms with Gasteiger partial charge in [0.1, 0.15) is 0 Å². The zero-order chi connectivity index (χ0) is 18.6. The summed E-state index contributed by atoms with van der Waals surface area (Å²) in [6, 6.07) is 12.5. The van der Waals surface area contributed by atoms with E-state index < -0.39 is 14.9 Å². The van der Waals surface area contributed by atoms with E-state index in [0.717, 1.165) is 19.3 Å². The second-order valence-electron chi connectivity index (χ2n) is 6.07. The molecule has 1 heterocycles. The summed E-state index contributed by atoms with van der Waals surface area (Å²) >= 11 is 0. The Kier molecular flexibility index (Phi) is 5.43. The molecule has 0 N–H and O–H groups in total. The largest absolute Gasteiger partial charge is 0.270 e. The quantitative estimate of drug-likeness (QED) is 0.455. The molecular weight excluding hydrogens is 354 g/mol. The van der Waals surface area contributed by atoms with E-state index in [-0.39, 0.29) is 10.6 Å².